The number of methoxy groups -OCH3 is 1. The van der Waals surface area contributed by atoms with Crippen LogP contribution < -0.4 is 5.32 Å². The number of hydrogen-bond donors (Lipinski definition) is 1. The molecule has 15 heavy (non-hydrogen) atoms. The van der Waals surface area contributed by atoms with Gasteiger partial charge in [-0.3, -0.25) is 0 Å². The Hall–Kier alpha value is -0.320. The first-order valence-corrected chi connectivity index (χ1v) is 5.95. The molecule has 0 aliphatic heterocycles. The summed E-state index contributed by atoms with van der Waals surface area (Å²) in [6.45, 7) is 4.85. The van der Waals surface area contributed by atoms with Crippen molar-refractivity contribution >= 4 is 15.9 Å². The van der Waals surface area contributed by atoms with Gasteiger partial charge in [0.2, 0.25) is 0 Å². The van der Waals surface area contributed by atoms with Gasteiger partial charge in [-0.2, -0.15) is 0 Å². The van der Waals surface area contributed by atoms with Crippen molar-refractivity contribution in [2.24, 2.45) is 5.92 Å². The molecular formula is C11H18BrNO2. The highest BCUT2D eigenvalue weighted by molar-refractivity contribution is 9.10. The van der Waals surface area contributed by atoms with Gasteiger partial charge in [-0.05, 0) is 34.5 Å². The fraction of sp³-hybridized carbons (Fsp3) is 0.636. The van der Waals surface area contributed by atoms with Crippen LogP contribution in [0, 0.1) is 5.92 Å². The maximum absolute atomic E-state index is 5.36. The first-order chi connectivity index (χ1) is 7.24. The van der Waals surface area contributed by atoms with Crippen molar-refractivity contribution in [2.75, 3.05) is 26.8 Å². The fourth-order valence-electron chi connectivity index (χ4n) is 1.38. The van der Waals surface area contributed by atoms with Crippen molar-refractivity contribution in [1.29, 1.82) is 0 Å². The van der Waals surface area contributed by atoms with Gasteiger partial charge in [0, 0.05) is 20.1 Å². The van der Waals surface area contributed by atoms with Gasteiger partial charge in [0.1, 0.15) is 5.76 Å². The summed E-state index contributed by atoms with van der Waals surface area (Å²) in [7, 11) is 1.71. The highest BCUT2D eigenvalue weighted by atomic mass is 79.9. The number of furan rings is 1. The fourth-order valence-corrected chi connectivity index (χ4v) is 1.75. The Morgan fingerprint density at radius 1 is 1.60 bits per heavy atom. The van der Waals surface area contributed by atoms with Gasteiger partial charge in [-0.15, -0.1) is 0 Å². The summed E-state index contributed by atoms with van der Waals surface area (Å²) < 4.78 is 11.4. The van der Waals surface area contributed by atoms with E-state index >= 15 is 0 Å². The van der Waals surface area contributed by atoms with Crippen LogP contribution in [0.1, 0.15) is 12.7 Å². The Morgan fingerprint density at radius 2 is 2.40 bits per heavy atom. The second-order valence-corrected chi connectivity index (χ2v) is 4.55. The first-order valence-electron chi connectivity index (χ1n) is 5.15. The number of halogens is 1. The predicted molar refractivity (Wildman–Crippen MR) is 64.0 cm³/mol. The van der Waals surface area contributed by atoms with E-state index in [1.165, 1.54) is 0 Å². The Kier molecular flexibility index (Phi) is 5.98. The molecule has 0 aliphatic carbocycles. The maximum atomic E-state index is 5.36. The number of nitrogens with one attached hydrogen (secondary N) is 1. The highest BCUT2D eigenvalue weighted by Crippen LogP contribution is 2.20. The third kappa shape index (κ3) is 4.82. The number of hydrogen-bond acceptors (Lipinski definition) is 3. The lowest BCUT2D eigenvalue weighted by atomic mass is 10.1. The van der Waals surface area contributed by atoms with Crippen LogP contribution in [-0.2, 0) is 11.2 Å². The van der Waals surface area contributed by atoms with E-state index in [1.54, 1.807) is 13.4 Å². The van der Waals surface area contributed by atoms with Crippen molar-refractivity contribution in [3.05, 3.63) is 22.6 Å². The summed E-state index contributed by atoms with van der Waals surface area (Å²) in [5.74, 6) is 1.58. The van der Waals surface area contributed by atoms with E-state index in [9.17, 15) is 0 Å². The molecule has 0 saturated heterocycles. The molecule has 1 N–H and O–H groups in total. The molecule has 0 fully saturated rings. The van der Waals surface area contributed by atoms with Crippen LogP contribution in [-0.4, -0.2) is 26.8 Å². The quantitative estimate of drug-likeness (QED) is 0.777. The Labute approximate surface area is 99.3 Å². The minimum Gasteiger partial charge on any atom is -0.468 e. The summed E-state index contributed by atoms with van der Waals surface area (Å²) in [6.07, 6.45) is 2.66. The zero-order valence-electron chi connectivity index (χ0n) is 9.25. The van der Waals surface area contributed by atoms with E-state index in [0.717, 1.165) is 36.4 Å². The third-order valence-corrected chi connectivity index (χ3v) is 2.91. The molecule has 1 rings (SSSR count). The Balaban J connectivity index is 2.18. The molecule has 86 valence electrons. The van der Waals surface area contributed by atoms with Crippen LogP contribution in [0.4, 0.5) is 0 Å². The molecule has 0 spiro atoms. The monoisotopic (exact) mass is 275 g/mol. The summed E-state index contributed by atoms with van der Waals surface area (Å²) in [5, 5.41) is 3.34. The first kappa shape index (κ1) is 12.7. The van der Waals surface area contributed by atoms with Gasteiger partial charge in [-0.1, -0.05) is 6.92 Å². The maximum Gasteiger partial charge on any atom is 0.118 e. The molecule has 4 heteroatoms. The SMILES string of the molecule is COCCNCC(C)Cc1occc1Br. The highest BCUT2D eigenvalue weighted by Gasteiger charge is 2.08. The summed E-state index contributed by atoms with van der Waals surface area (Å²) >= 11 is 3.45. The van der Waals surface area contributed by atoms with Crippen LogP contribution in [0.3, 0.4) is 0 Å². The van der Waals surface area contributed by atoms with Gasteiger partial charge in [-0.25, -0.2) is 0 Å². The van der Waals surface area contributed by atoms with Gasteiger partial charge in [0.15, 0.2) is 0 Å². The van der Waals surface area contributed by atoms with Gasteiger partial charge >= 0.3 is 0 Å². The topological polar surface area (TPSA) is 34.4 Å². The molecule has 3 nitrogen and oxygen atoms in total. The molecule has 1 heterocycles. The minimum absolute atomic E-state index is 0.560. The summed E-state index contributed by atoms with van der Waals surface area (Å²) in [4.78, 5) is 0. The second-order valence-electron chi connectivity index (χ2n) is 3.70. The largest absolute Gasteiger partial charge is 0.468 e. The van der Waals surface area contributed by atoms with E-state index in [2.05, 4.69) is 28.2 Å². The van der Waals surface area contributed by atoms with E-state index in [-0.39, 0.29) is 0 Å². The van der Waals surface area contributed by atoms with E-state index < -0.39 is 0 Å². The van der Waals surface area contributed by atoms with Crippen LogP contribution in [0.5, 0.6) is 0 Å². The molecule has 0 bridgehead atoms. The van der Waals surface area contributed by atoms with Crippen molar-refractivity contribution in [3.63, 3.8) is 0 Å². The molecule has 1 unspecified atom stereocenters. The van der Waals surface area contributed by atoms with Crippen LogP contribution in [0.15, 0.2) is 21.2 Å². The third-order valence-electron chi connectivity index (χ3n) is 2.20. The molecule has 1 aromatic rings. The van der Waals surface area contributed by atoms with Crippen molar-refractivity contribution in [1.82, 2.24) is 5.32 Å². The van der Waals surface area contributed by atoms with E-state index in [1.807, 2.05) is 6.07 Å². The number of rotatable bonds is 7. The second kappa shape index (κ2) is 7.04. The molecule has 0 amide bonds. The van der Waals surface area contributed by atoms with Gasteiger partial charge in [0.25, 0.3) is 0 Å². The lowest BCUT2D eigenvalue weighted by molar-refractivity contribution is 0.198. The zero-order valence-corrected chi connectivity index (χ0v) is 10.8. The van der Waals surface area contributed by atoms with Crippen LogP contribution in [0.2, 0.25) is 0 Å². The smallest absolute Gasteiger partial charge is 0.118 e. The summed E-state index contributed by atoms with van der Waals surface area (Å²) in [5.41, 5.74) is 0. The lowest BCUT2D eigenvalue weighted by Crippen LogP contribution is -2.25. The van der Waals surface area contributed by atoms with Crippen molar-refractivity contribution < 1.29 is 9.15 Å². The molecule has 0 aliphatic rings. The lowest BCUT2D eigenvalue weighted by Gasteiger charge is -2.11. The van der Waals surface area contributed by atoms with Gasteiger partial charge < -0.3 is 14.5 Å². The van der Waals surface area contributed by atoms with Crippen molar-refractivity contribution in [3.8, 4) is 0 Å². The molecule has 1 atom stereocenters. The summed E-state index contributed by atoms with van der Waals surface area (Å²) in [6, 6.07) is 1.93. The van der Waals surface area contributed by atoms with E-state index in [4.69, 9.17) is 9.15 Å². The Bertz CT molecular complexity index is 275. The Morgan fingerprint density at radius 3 is 3.00 bits per heavy atom. The normalized spacial score (nSPS) is 13.0. The van der Waals surface area contributed by atoms with Crippen LogP contribution in [0.25, 0.3) is 0 Å². The predicted octanol–water partition coefficient (Wildman–Crippen LogP) is 2.46. The van der Waals surface area contributed by atoms with Crippen molar-refractivity contribution in [2.45, 2.75) is 13.3 Å². The molecular weight excluding hydrogens is 258 g/mol. The molecule has 0 aromatic carbocycles. The minimum atomic E-state index is 0.560. The number of ether oxygens (including phenoxy) is 1. The van der Waals surface area contributed by atoms with E-state index in [0.29, 0.717) is 5.92 Å². The van der Waals surface area contributed by atoms with Crippen LogP contribution >= 0.6 is 15.9 Å². The standard InChI is InChI=1S/C11H18BrNO2/c1-9(8-13-4-6-14-2)7-11-10(12)3-5-15-11/h3,5,9,13H,4,6-8H2,1-2H3. The molecule has 0 radical (unpaired) electrons. The average molecular weight is 276 g/mol. The van der Waals surface area contributed by atoms with Gasteiger partial charge in [0.05, 0.1) is 17.3 Å². The molecule has 1 aromatic heterocycles. The zero-order chi connectivity index (χ0) is 11.1. The molecule has 0 saturated carbocycles. The average Bonchev–Trinajstić information content (AvgIpc) is 2.59.